The number of carbonyl (C=O) groups is 1. The fourth-order valence-electron chi connectivity index (χ4n) is 3.58. The summed E-state index contributed by atoms with van der Waals surface area (Å²) >= 11 is 3.30. The van der Waals surface area contributed by atoms with Gasteiger partial charge < -0.3 is 4.90 Å². The van der Waals surface area contributed by atoms with Crippen LogP contribution >= 0.6 is 15.9 Å². The Morgan fingerprint density at radius 3 is 2.30 bits per heavy atom. The van der Waals surface area contributed by atoms with Crippen LogP contribution in [0.4, 0.5) is 0 Å². The summed E-state index contributed by atoms with van der Waals surface area (Å²) in [6.45, 7) is 4.67. The van der Waals surface area contributed by atoms with Crippen LogP contribution in [-0.4, -0.2) is 43.7 Å². The molecule has 144 valence electrons. The molecule has 1 amide bonds. The molecule has 2 aromatic carbocycles. The molecule has 0 aliphatic carbocycles. The molecule has 0 spiro atoms. The Labute approximate surface area is 169 Å². The summed E-state index contributed by atoms with van der Waals surface area (Å²) in [6.07, 6.45) is 0. The number of hydrogen-bond acceptors (Lipinski definition) is 3. The van der Waals surface area contributed by atoms with E-state index in [9.17, 15) is 13.2 Å². The van der Waals surface area contributed by atoms with Gasteiger partial charge in [0.05, 0.1) is 17.5 Å². The van der Waals surface area contributed by atoms with E-state index in [0.29, 0.717) is 6.54 Å². The van der Waals surface area contributed by atoms with Gasteiger partial charge in [0.1, 0.15) is 0 Å². The van der Waals surface area contributed by atoms with Crippen molar-refractivity contribution in [3.63, 3.8) is 0 Å². The average molecular weight is 451 g/mol. The Morgan fingerprint density at radius 1 is 1.15 bits per heavy atom. The lowest BCUT2D eigenvalue weighted by atomic mass is 9.71. The second kappa shape index (κ2) is 7.37. The van der Waals surface area contributed by atoms with E-state index in [1.807, 2.05) is 30.3 Å². The molecule has 27 heavy (non-hydrogen) atoms. The molecule has 0 unspecified atom stereocenters. The molecular formula is C20H23BrN2O3S. The van der Waals surface area contributed by atoms with Crippen molar-refractivity contribution in [3.05, 3.63) is 64.6 Å². The molecule has 1 saturated heterocycles. The van der Waals surface area contributed by atoms with Gasteiger partial charge in [-0.15, -0.1) is 0 Å². The molecule has 1 atom stereocenters. The van der Waals surface area contributed by atoms with Gasteiger partial charge in [0.2, 0.25) is 15.9 Å². The van der Waals surface area contributed by atoms with Gasteiger partial charge in [0.25, 0.3) is 0 Å². The number of rotatable bonds is 5. The van der Waals surface area contributed by atoms with Crippen LogP contribution in [0.3, 0.4) is 0 Å². The average Bonchev–Trinajstić information content (AvgIpc) is 2.61. The SMILES string of the molecule is CN(CC(=O)N1CC(C)(C)[C@@H]1c1ccccc1)S(=O)(=O)c1ccc(Br)cc1. The van der Waals surface area contributed by atoms with Gasteiger partial charge in [0.15, 0.2) is 0 Å². The quantitative estimate of drug-likeness (QED) is 0.697. The number of hydrogen-bond donors (Lipinski definition) is 0. The summed E-state index contributed by atoms with van der Waals surface area (Å²) in [5, 5.41) is 0. The van der Waals surface area contributed by atoms with Crippen molar-refractivity contribution >= 4 is 31.9 Å². The topological polar surface area (TPSA) is 57.7 Å². The first kappa shape index (κ1) is 20.0. The monoisotopic (exact) mass is 450 g/mol. The standard InChI is InChI=1S/C20H23BrN2O3S/c1-20(2)14-23(19(20)15-7-5-4-6-8-15)18(24)13-22(3)27(25,26)17-11-9-16(21)10-12-17/h4-12,19H,13-14H2,1-3H3/t19-/m0/s1. The zero-order valence-electron chi connectivity index (χ0n) is 15.6. The molecule has 0 N–H and O–H groups in total. The first-order chi connectivity index (χ1) is 12.6. The van der Waals surface area contributed by atoms with Gasteiger partial charge >= 0.3 is 0 Å². The van der Waals surface area contributed by atoms with Crippen molar-refractivity contribution in [3.8, 4) is 0 Å². The number of likely N-dealkylation sites (N-methyl/N-ethyl adjacent to an activating group) is 1. The van der Waals surface area contributed by atoms with Crippen LogP contribution in [0.2, 0.25) is 0 Å². The smallest absolute Gasteiger partial charge is 0.243 e. The maximum atomic E-state index is 12.9. The molecule has 0 radical (unpaired) electrons. The van der Waals surface area contributed by atoms with E-state index in [2.05, 4.69) is 29.8 Å². The van der Waals surface area contributed by atoms with Crippen LogP contribution in [0.5, 0.6) is 0 Å². The zero-order valence-corrected chi connectivity index (χ0v) is 18.0. The van der Waals surface area contributed by atoms with E-state index in [1.54, 1.807) is 17.0 Å². The molecule has 0 bridgehead atoms. The largest absolute Gasteiger partial charge is 0.333 e. The van der Waals surface area contributed by atoms with E-state index in [1.165, 1.54) is 19.2 Å². The van der Waals surface area contributed by atoms with Crippen molar-refractivity contribution in [2.45, 2.75) is 24.8 Å². The van der Waals surface area contributed by atoms with E-state index < -0.39 is 10.0 Å². The number of carbonyl (C=O) groups excluding carboxylic acids is 1. The lowest BCUT2D eigenvalue weighted by Crippen LogP contribution is -2.59. The molecule has 7 heteroatoms. The Kier molecular flexibility index (Phi) is 5.47. The summed E-state index contributed by atoms with van der Waals surface area (Å²) in [6, 6.07) is 16.2. The number of halogens is 1. The van der Waals surface area contributed by atoms with Gasteiger partial charge in [-0.2, -0.15) is 4.31 Å². The highest BCUT2D eigenvalue weighted by Gasteiger charge is 2.48. The van der Waals surface area contributed by atoms with Gasteiger partial charge in [-0.3, -0.25) is 4.79 Å². The molecule has 3 rings (SSSR count). The molecule has 2 aromatic rings. The molecule has 1 aliphatic heterocycles. The van der Waals surface area contributed by atoms with Gasteiger partial charge in [-0.25, -0.2) is 8.42 Å². The highest BCUT2D eigenvalue weighted by Crippen LogP contribution is 2.48. The normalized spacial score (nSPS) is 19.0. The molecule has 5 nitrogen and oxygen atoms in total. The molecular weight excluding hydrogens is 428 g/mol. The minimum absolute atomic E-state index is 0.0415. The fourth-order valence-corrected chi connectivity index (χ4v) is 4.96. The molecule has 0 saturated carbocycles. The second-order valence-electron chi connectivity index (χ2n) is 7.54. The van der Waals surface area contributed by atoms with Crippen molar-refractivity contribution in [1.29, 1.82) is 0 Å². The summed E-state index contributed by atoms with van der Waals surface area (Å²) in [7, 11) is -2.27. The van der Waals surface area contributed by atoms with Gasteiger partial charge in [0, 0.05) is 23.5 Å². The fraction of sp³-hybridized carbons (Fsp3) is 0.350. The highest BCUT2D eigenvalue weighted by atomic mass is 79.9. The number of amides is 1. The minimum Gasteiger partial charge on any atom is -0.333 e. The third kappa shape index (κ3) is 3.95. The number of likely N-dealkylation sites (tertiary alicyclic amines) is 1. The maximum Gasteiger partial charge on any atom is 0.243 e. The first-order valence-corrected chi connectivity index (χ1v) is 10.9. The van der Waals surface area contributed by atoms with Crippen molar-refractivity contribution in [1.82, 2.24) is 9.21 Å². The van der Waals surface area contributed by atoms with Crippen LogP contribution in [0.1, 0.15) is 25.5 Å². The Bertz CT molecular complexity index is 927. The van der Waals surface area contributed by atoms with E-state index in [0.717, 1.165) is 14.3 Å². The molecule has 1 aliphatic rings. The van der Waals surface area contributed by atoms with Crippen LogP contribution in [-0.2, 0) is 14.8 Å². The molecule has 0 aromatic heterocycles. The summed E-state index contributed by atoms with van der Waals surface area (Å²) in [4.78, 5) is 14.8. The van der Waals surface area contributed by atoms with Crippen LogP contribution in [0.15, 0.2) is 64.0 Å². The van der Waals surface area contributed by atoms with Gasteiger partial charge in [-0.1, -0.05) is 60.1 Å². The Hall–Kier alpha value is -1.70. The van der Waals surface area contributed by atoms with E-state index >= 15 is 0 Å². The number of sulfonamides is 1. The minimum atomic E-state index is -3.71. The molecule has 1 fully saturated rings. The summed E-state index contributed by atoms with van der Waals surface area (Å²) in [5.74, 6) is -0.189. The lowest BCUT2D eigenvalue weighted by molar-refractivity contribution is -0.152. The number of nitrogens with zero attached hydrogens (tertiary/aromatic N) is 2. The van der Waals surface area contributed by atoms with Crippen molar-refractivity contribution in [2.24, 2.45) is 5.41 Å². The van der Waals surface area contributed by atoms with Crippen LogP contribution in [0.25, 0.3) is 0 Å². The lowest BCUT2D eigenvalue weighted by Gasteiger charge is -2.54. The first-order valence-electron chi connectivity index (χ1n) is 8.69. The van der Waals surface area contributed by atoms with Crippen molar-refractivity contribution in [2.75, 3.05) is 20.1 Å². The zero-order chi connectivity index (χ0) is 19.8. The predicted octanol–water partition coefficient (Wildman–Crippen LogP) is 3.68. The highest BCUT2D eigenvalue weighted by molar-refractivity contribution is 9.10. The Balaban J connectivity index is 1.75. The maximum absolute atomic E-state index is 12.9. The Morgan fingerprint density at radius 2 is 1.74 bits per heavy atom. The predicted molar refractivity (Wildman–Crippen MR) is 109 cm³/mol. The number of benzene rings is 2. The molecule has 1 heterocycles. The van der Waals surface area contributed by atoms with Crippen molar-refractivity contribution < 1.29 is 13.2 Å². The van der Waals surface area contributed by atoms with E-state index in [-0.39, 0.29) is 28.8 Å². The third-order valence-electron chi connectivity index (χ3n) is 4.95. The second-order valence-corrected chi connectivity index (χ2v) is 10.5. The van der Waals surface area contributed by atoms with Gasteiger partial charge in [-0.05, 0) is 29.8 Å². The van der Waals surface area contributed by atoms with Crippen LogP contribution < -0.4 is 0 Å². The third-order valence-corrected chi connectivity index (χ3v) is 7.29. The van der Waals surface area contributed by atoms with E-state index in [4.69, 9.17) is 0 Å². The van der Waals surface area contributed by atoms with Crippen LogP contribution in [0, 0.1) is 5.41 Å². The summed E-state index contributed by atoms with van der Waals surface area (Å²) in [5.41, 5.74) is 1.03. The summed E-state index contributed by atoms with van der Waals surface area (Å²) < 4.78 is 27.4.